The molecule has 0 saturated heterocycles. The van der Waals surface area contributed by atoms with Gasteiger partial charge in [0.05, 0.1) is 28.1 Å². The number of halogens is 1. The van der Waals surface area contributed by atoms with Crippen molar-refractivity contribution < 1.29 is 18.8 Å². The number of nitrogens with one attached hydrogen (secondary N) is 1. The summed E-state index contributed by atoms with van der Waals surface area (Å²) in [4.78, 5) is 16.2. The molecule has 2 N–H and O–H groups in total. The molecule has 0 aromatic heterocycles. The van der Waals surface area contributed by atoms with Gasteiger partial charge in [-0.3, -0.25) is 9.52 Å². The van der Waals surface area contributed by atoms with Crippen molar-refractivity contribution in [1.82, 2.24) is 4.72 Å². The molecule has 1 amide bonds. The molecule has 3 aromatic carbocycles. The first-order valence-corrected chi connectivity index (χ1v) is 19.9. The number of aryl methyl sites for hydroxylation is 1. The van der Waals surface area contributed by atoms with Crippen molar-refractivity contribution in [2.24, 2.45) is 23.7 Å². The molecule has 6 nitrogen and oxygen atoms in total. The van der Waals surface area contributed by atoms with Gasteiger partial charge < -0.3 is 14.7 Å². The quantitative estimate of drug-likeness (QED) is 0.269. The molecule has 1 saturated carbocycles. The second-order valence-electron chi connectivity index (χ2n) is 15.1. The molecule has 2 bridgehead atoms. The molecule has 2 aliphatic carbocycles. The van der Waals surface area contributed by atoms with Gasteiger partial charge in [0.1, 0.15) is 5.75 Å². The number of rotatable bonds is 2. The van der Waals surface area contributed by atoms with E-state index in [0.717, 1.165) is 86.5 Å². The molecule has 256 valence electrons. The average molecular weight is 689 g/mol. The molecule has 4 aliphatic rings. The first-order valence-electron chi connectivity index (χ1n) is 17.8. The van der Waals surface area contributed by atoms with E-state index in [-0.39, 0.29) is 28.4 Å². The van der Waals surface area contributed by atoms with Crippen LogP contribution in [0.15, 0.2) is 66.7 Å². The van der Waals surface area contributed by atoms with Crippen LogP contribution in [0.4, 0.5) is 5.69 Å². The van der Waals surface area contributed by atoms with Crippen LogP contribution >= 0.6 is 11.6 Å². The van der Waals surface area contributed by atoms with E-state index in [0.29, 0.717) is 24.0 Å². The zero-order chi connectivity index (χ0) is 33.6. The van der Waals surface area contributed by atoms with E-state index in [1.165, 1.54) is 11.1 Å². The summed E-state index contributed by atoms with van der Waals surface area (Å²) in [5.74, 6) is 5.40. The summed E-state index contributed by atoms with van der Waals surface area (Å²) in [6.07, 6.45) is 7.36. The molecule has 1 unspecified atom stereocenters. The van der Waals surface area contributed by atoms with Crippen LogP contribution in [-0.4, -0.2) is 46.0 Å². The Morgan fingerprint density at radius 1 is 1.04 bits per heavy atom. The summed E-state index contributed by atoms with van der Waals surface area (Å²) < 4.78 is 23.4. The van der Waals surface area contributed by atoms with Crippen LogP contribution in [0.25, 0.3) is 0 Å². The Morgan fingerprint density at radius 3 is 2.62 bits per heavy atom. The lowest BCUT2D eigenvalue weighted by molar-refractivity contribution is 0.000605. The Morgan fingerprint density at radius 2 is 1.85 bits per heavy atom. The summed E-state index contributed by atoms with van der Waals surface area (Å²) in [5.41, 5.74) is 4.70. The molecule has 2 aliphatic heterocycles. The zero-order valence-electron chi connectivity index (χ0n) is 28.2. The largest absolute Gasteiger partial charge is 0.490 e. The number of benzene rings is 3. The van der Waals surface area contributed by atoms with Crippen LogP contribution in [-0.2, 0) is 21.5 Å². The number of carbonyl (C=O) groups excluding carboxylic acids is 1. The Hall–Kier alpha value is -3.00. The molecule has 2 heterocycles. The standard InChI is InChI=1S/C40H49ClN2O4S/c1-26-9-7-13-34(38(44)28-10-5-4-6-11-28)33-17-14-31(33)23-43-24-40(20-8-12-29-21-32(41)16-18-35(29)40)25-47-37-19-15-30(22-36(37)43)39(45)42-48(3,46)27(26)2/h4-6,10-11,15-16,18-19,21-22,26-27,31,33-34,38,44H,3,7-9,12-14,17,20,23-25H2,1-2H3,(H,42,45,46)/t26-,27+,31-,33+,34-,38+,40-,48?/m0/s1. The Balaban J connectivity index is 1.30. The average Bonchev–Trinajstić information content (AvgIpc) is 3.21. The van der Waals surface area contributed by atoms with Gasteiger partial charge in [0.2, 0.25) is 0 Å². The van der Waals surface area contributed by atoms with Crippen LogP contribution in [0.1, 0.15) is 91.9 Å². The summed E-state index contributed by atoms with van der Waals surface area (Å²) in [6, 6.07) is 22.0. The maximum Gasteiger partial charge on any atom is 0.262 e. The number of hydrogen-bond donors (Lipinski definition) is 2. The third-order valence-corrected chi connectivity index (χ3v) is 14.6. The highest BCUT2D eigenvalue weighted by atomic mass is 35.5. The highest BCUT2D eigenvalue weighted by Crippen LogP contribution is 2.50. The van der Waals surface area contributed by atoms with Crippen LogP contribution in [0, 0.1) is 23.7 Å². The van der Waals surface area contributed by atoms with E-state index in [1.807, 2.05) is 55.5 Å². The van der Waals surface area contributed by atoms with E-state index in [2.05, 4.69) is 34.5 Å². The van der Waals surface area contributed by atoms with Gasteiger partial charge in [-0.05, 0) is 128 Å². The van der Waals surface area contributed by atoms with E-state index in [1.54, 1.807) is 6.07 Å². The molecule has 1 spiro atoms. The number of hydrogen-bond acceptors (Lipinski definition) is 5. The number of amides is 1. The Labute approximate surface area is 291 Å². The van der Waals surface area contributed by atoms with E-state index in [4.69, 9.17) is 16.3 Å². The van der Waals surface area contributed by atoms with Crippen LogP contribution in [0.2, 0.25) is 5.02 Å². The van der Waals surface area contributed by atoms with Crippen molar-refractivity contribution in [2.75, 3.05) is 24.6 Å². The number of anilines is 1. The molecule has 0 radical (unpaired) electrons. The van der Waals surface area contributed by atoms with Gasteiger partial charge in [0.15, 0.2) is 0 Å². The normalized spacial score (nSPS) is 32.9. The number of carbonyl (C=O) groups is 1. The van der Waals surface area contributed by atoms with Crippen molar-refractivity contribution in [2.45, 2.75) is 82.0 Å². The molecule has 7 rings (SSSR count). The van der Waals surface area contributed by atoms with Crippen molar-refractivity contribution in [3.8, 4) is 5.75 Å². The van der Waals surface area contributed by atoms with Crippen LogP contribution in [0.5, 0.6) is 5.75 Å². The molecular formula is C40H49ClN2O4S. The van der Waals surface area contributed by atoms with E-state index < -0.39 is 15.8 Å². The lowest BCUT2D eigenvalue weighted by Gasteiger charge is -2.48. The predicted molar refractivity (Wildman–Crippen MR) is 197 cm³/mol. The first-order chi connectivity index (χ1) is 23.0. The monoisotopic (exact) mass is 688 g/mol. The summed E-state index contributed by atoms with van der Waals surface area (Å²) in [5, 5.41) is 12.4. The number of aliphatic hydroxyl groups excluding tert-OH is 1. The maximum absolute atomic E-state index is 13.9. The third kappa shape index (κ3) is 6.38. The minimum atomic E-state index is -2.92. The van der Waals surface area contributed by atoms with Gasteiger partial charge in [-0.2, -0.15) is 0 Å². The van der Waals surface area contributed by atoms with Gasteiger partial charge in [-0.25, -0.2) is 4.21 Å². The van der Waals surface area contributed by atoms with Crippen molar-refractivity contribution in [3.63, 3.8) is 0 Å². The summed E-state index contributed by atoms with van der Waals surface area (Å²) in [6.45, 7) is 6.15. The fourth-order valence-electron chi connectivity index (χ4n) is 9.02. The zero-order valence-corrected chi connectivity index (χ0v) is 29.8. The summed E-state index contributed by atoms with van der Waals surface area (Å²) in [7, 11) is -2.92. The molecule has 1 fully saturated rings. The fourth-order valence-corrected chi connectivity index (χ4v) is 10.7. The minimum absolute atomic E-state index is 0.0929. The highest BCUT2D eigenvalue weighted by Gasteiger charge is 2.45. The number of nitrogens with zero attached hydrogens (tertiary/aromatic N) is 1. The Kier molecular flexibility index (Phi) is 9.33. The van der Waals surface area contributed by atoms with E-state index >= 15 is 0 Å². The van der Waals surface area contributed by atoms with E-state index in [9.17, 15) is 14.1 Å². The van der Waals surface area contributed by atoms with Gasteiger partial charge in [0, 0.05) is 34.3 Å². The predicted octanol–water partition coefficient (Wildman–Crippen LogP) is 7.76. The third-order valence-electron chi connectivity index (χ3n) is 12.2. The maximum atomic E-state index is 13.9. The second-order valence-corrected chi connectivity index (χ2v) is 17.9. The van der Waals surface area contributed by atoms with Crippen LogP contribution < -0.4 is 14.4 Å². The first kappa shape index (κ1) is 33.5. The summed E-state index contributed by atoms with van der Waals surface area (Å²) >= 11 is 6.47. The fraction of sp³-hybridized carbons (Fsp3) is 0.500. The minimum Gasteiger partial charge on any atom is -0.490 e. The van der Waals surface area contributed by atoms with Crippen molar-refractivity contribution >= 4 is 38.8 Å². The lowest BCUT2D eigenvalue weighted by Crippen LogP contribution is -2.49. The molecule has 8 atom stereocenters. The number of aliphatic hydroxyl groups is 1. The molecular weight excluding hydrogens is 640 g/mol. The second kappa shape index (κ2) is 13.4. The molecule has 8 heteroatoms. The molecule has 3 aromatic rings. The highest BCUT2D eigenvalue weighted by molar-refractivity contribution is 7.99. The van der Waals surface area contributed by atoms with Crippen molar-refractivity contribution in [3.05, 3.63) is 94.0 Å². The van der Waals surface area contributed by atoms with Gasteiger partial charge >= 0.3 is 0 Å². The topological polar surface area (TPSA) is 78.9 Å². The number of fused-ring (bicyclic) bond motifs is 4. The lowest BCUT2D eigenvalue weighted by atomic mass is 9.63. The Bertz CT molecular complexity index is 1760. The van der Waals surface area contributed by atoms with Gasteiger partial charge in [-0.1, -0.05) is 61.3 Å². The SMILES string of the molecule is C=S1(=O)NC(=O)c2ccc3c(c2)N(C[C@@H]2CC[C@H]2[C@@H]([C@H](O)c2ccccc2)CCC[C@H](C)[C@H]1C)C[C@@]1(CCCc2cc(Cl)ccc21)CO3. The molecule has 48 heavy (non-hydrogen) atoms. The van der Waals surface area contributed by atoms with Crippen LogP contribution in [0.3, 0.4) is 0 Å². The smallest absolute Gasteiger partial charge is 0.262 e. The van der Waals surface area contributed by atoms with Crippen molar-refractivity contribution in [1.29, 1.82) is 0 Å². The van der Waals surface area contributed by atoms with Gasteiger partial charge in [-0.15, -0.1) is 0 Å². The number of ether oxygens (including phenoxy) is 1. The van der Waals surface area contributed by atoms with Gasteiger partial charge in [0.25, 0.3) is 5.91 Å².